The van der Waals surface area contributed by atoms with Crippen molar-refractivity contribution < 1.29 is 19.1 Å². The van der Waals surface area contributed by atoms with Gasteiger partial charge in [-0.2, -0.15) is 0 Å². The van der Waals surface area contributed by atoms with E-state index in [9.17, 15) is 9.59 Å². The third-order valence-electron chi connectivity index (χ3n) is 4.68. The number of aryl methyl sites for hydroxylation is 1. The summed E-state index contributed by atoms with van der Waals surface area (Å²) in [4.78, 5) is 26.6. The highest BCUT2D eigenvalue weighted by atomic mass is 16.7. The highest BCUT2D eigenvalue weighted by Crippen LogP contribution is 2.34. The Bertz CT molecular complexity index is 897. The fraction of sp³-hybridized carbons (Fsp3) is 0.471. The lowest BCUT2D eigenvalue weighted by atomic mass is 9.92. The minimum atomic E-state index is -1.05. The van der Waals surface area contributed by atoms with Crippen molar-refractivity contribution in [3.05, 3.63) is 29.6 Å². The molecule has 0 aliphatic carbocycles. The molecule has 142 valence electrons. The van der Waals surface area contributed by atoms with Crippen LogP contribution in [0.3, 0.4) is 0 Å². The fourth-order valence-corrected chi connectivity index (χ4v) is 3.33. The fourth-order valence-electron chi connectivity index (χ4n) is 3.33. The maximum atomic E-state index is 13.0. The van der Waals surface area contributed by atoms with Gasteiger partial charge in [0.1, 0.15) is 5.54 Å². The predicted molar refractivity (Wildman–Crippen MR) is 91.9 cm³/mol. The Morgan fingerprint density at radius 2 is 2.07 bits per heavy atom. The van der Waals surface area contributed by atoms with Crippen molar-refractivity contribution >= 4 is 11.9 Å². The highest BCUT2D eigenvalue weighted by molar-refractivity contribution is 6.06. The summed E-state index contributed by atoms with van der Waals surface area (Å²) in [6.07, 6.45) is 1.19. The predicted octanol–water partition coefficient (Wildman–Crippen LogP) is 0.865. The molecule has 1 saturated heterocycles. The number of benzene rings is 1. The van der Waals surface area contributed by atoms with Crippen LogP contribution in [0.1, 0.15) is 31.7 Å². The van der Waals surface area contributed by atoms with Crippen LogP contribution in [-0.4, -0.2) is 49.4 Å². The van der Waals surface area contributed by atoms with Crippen LogP contribution >= 0.6 is 0 Å². The van der Waals surface area contributed by atoms with E-state index in [1.807, 2.05) is 19.1 Å². The third kappa shape index (κ3) is 3.07. The van der Waals surface area contributed by atoms with Crippen molar-refractivity contribution in [2.75, 3.05) is 6.79 Å². The monoisotopic (exact) mass is 372 g/mol. The Balaban J connectivity index is 1.52. The second kappa shape index (κ2) is 6.53. The zero-order chi connectivity index (χ0) is 19.0. The minimum Gasteiger partial charge on any atom is -0.454 e. The van der Waals surface area contributed by atoms with Crippen LogP contribution in [0, 0.1) is 0 Å². The maximum Gasteiger partial charge on any atom is 0.325 e. The van der Waals surface area contributed by atoms with Gasteiger partial charge in [-0.15, -0.1) is 5.10 Å². The van der Waals surface area contributed by atoms with Crippen LogP contribution in [0.15, 0.2) is 18.2 Å². The molecule has 0 radical (unpaired) electrons. The number of fused-ring (bicyclic) bond motifs is 1. The number of amides is 3. The molecule has 0 spiro atoms. The van der Waals surface area contributed by atoms with E-state index in [0.29, 0.717) is 30.3 Å². The number of hydrogen-bond donors (Lipinski definition) is 1. The van der Waals surface area contributed by atoms with E-state index < -0.39 is 11.6 Å². The number of carbonyl (C=O) groups is 2. The Morgan fingerprint density at radius 1 is 1.26 bits per heavy atom. The van der Waals surface area contributed by atoms with E-state index in [0.717, 1.165) is 16.9 Å². The minimum absolute atomic E-state index is 0.0361. The zero-order valence-electron chi connectivity index (χ0n) is 15.1. The molecule has 2 aliphatic heterocycles. The quantitative estimate of drug-likeness (QED) is 0.749. The lowest BCUT2D eigenvalue weighted by Gasteiger charge is -2.21. The first-order valence-corrected chi connectivity index (χ1v) is 8.78. The summed E-state index contributed by atoms with van der Waals surface area (Å²) in [6.45, 7) is 4.56. The van der Waals surface area contributed by atoms with Crippen molar-refractivity contribution in [2.24, 2.45) is 0 Å². The molecule has 27 heavy (non-hydrogen) atoms. The summed E-state index contributed by atoms with van der Waals surface area (Å²) in [6, 6.07) is 5.05. The summed E-state index contributed by atoms with van der Waals surface area (Å²) in [7, 11) is 0. The van der Waals surface area contributed by atoms with Gasteiger partial charge in [0.2, 0.25) is 6.79 Å². The molecular weight excluding hydrogens is 352 g/mol. The van der Waals surface area contributed by atoms with Crippen molar-refractivity contribution in [3.8, 4) is 11.5 Å². The Labute approximate surface area is 155 Å². The van der Waals surface area contributed by atoms with Crippen LogP contribution in [-0.2, 0) is 24.3 Å². The molecule has 4 rings (SSSR count). The molecule has 0 bridgehead atoms. The van der Waals surface area contributed by atoms with Gasteiger partial charge in [-0.05, 0) is 41.5 Å². The lowest BCUT2D eigenvalue weighted by molar-refractivity contribution is -0.131. The van der Waals surface area contributed by atoms with E-state index in [1.54, 1.807) is 17.7 Å². The third-order valence-corrected chi connectivity index (χ3v) is 4.68. The molecule has 1 unspecified atom stereocenters. The standard InChI is InChI=1S/C17H20N6O4/c1-3-6-23-14(19-20-21-23)9-22-15(24)17(2,18-16(22)25)8-11-4-5-12-13(7-11)27-10-26-12/h4-5,7H,3,6,8-10H2,1-2H3,(H,18,25). The average molecular weight is 372 g/mol. The van der Waals surface area contributed by atoms with Gasteiger partial charge >= 0.3 is 6.03 Å². The first kappa shape index (κ1) is 17.3. The van der Waals surface area contributed by atoms with Crippen molar-refractivity contribution in [2.45, 2.75) is 45.3 Å². The van der Waals surface area contributed by atoms with Crippen molar-refractivity contribution in [1.82, 2.24) is 30.4 Å². The molecule has 10 nitrogen and oxygen atoms in total. The smallest absolute Gasteiger partial charge is 0.325 e. The molecule has 1 fully saturated rings. The van der Waals surface area contributed by atoms with Crippen molar-refractivity contribution in [1.29, 1.82) is 0 Å². The van der Waals surface area contributed by atoms with E-state index in [2.05, 4.69) is 20.8 Å². The zero-order valence-corrected chi connectivity index (χ0v) is 15.1. The number of nitrogens with one attached hydrogen (secondary N) is 1. The number of carbonyl (C=O) groups excluding carboxylic acids is 2. The van der Waals surface area contributed by atoms with Crippen molar-refractivity contribution in [3.63, 3.8) is 0 Å². The largest absolute Gasteiger partial charge is 0.454 e. The van der Waals surface area contributed by atoms with Gasteiger partial charge in [-0.1, -0.05) is 13.0 Å². The van der Waals surface area contributed by atoms with Gasteiger partial charge < -0.3 is 14.8 Å². The van der Waals surface area contributed by atoms with Crippen LogP contribution in [0.5, 0.6) is 11.5 Å². The maximum absolute atomic E-state index is 13.0. The molecule has 1 N–H and O–H groups in total. The normalized spacial score (nSPS) is 21.0. The first-order chi connectivity index (χ1) is 13.0. The molecule has 3 amide bonds. The van der Waals surface area contributed by atoms with E-state index in [1.165, 1.54) is 0 Å². The number of aromatic nitrogens is 4. The SMILES string of the molecule is CCCn1nnnc1CN1C(=O)NC(C)(Cc2ccc3c(c2)OCO3)C1=O. The number of hydrogen-bond acceptors (Lipinski definition) is 7. The summed E-state index contributed by atoms with van der Waals surface area (Å²) < 4.78 is 12.3. The molecule has 3 heterocycles. The molecule has 2 aromatic rings. The summed E-state index contributed by atoms with van der Waals surface area (Å²) in [5.74, 6) is 1.49. The van der Waals surface area contributed by atoms with E-state index in [4.69, 9.17) is 9.47 Å². The number of ether oxygens (including phenoxy) is 2. The molecule has 1 aromatic carbocycles. The highest BCUT2D eigenvalue weighted by Gasteiger charge is 2.48. The Morgan fingerprint density at radius 3 is 2.89 bits per heavy atom. The van der Waals surface area contributed by atoms with Gasteiger partial charge in [0.05, 0.1) is 6.54 Å². The molecule has 10 heteroatoms. The topological polar surface area (TPSA) is 111 Å². The molecule has 1 aromatic heterocycles. The summed E-state index contributed by atoms with van der Waals surface area (Å²) in [5.41, 5.74) is -0.179. The van der Waals surface area contributed by atoms with Crippen LogP contribution < -0.4 is 14.8 Å². The van der Waals surface area contributed by atoms with E-state index in [-0.39, 0.29) is 19.2 Å². The van der Waals surface area contributed by atoms with Gasteiger partial charge in [0.25, 0.3) is 5.91 Å². The first-order valence-electron chi connectivity index (χ1n) is 8.78. The van der Waals surface area contributed by atoms with Crippen LogP contribution in [0.2, 0.25) is 0 Å². The molecule has 0 saturated carbocycles. The molecular formula is C17H20N6O4. The average Bonchev–Trinajstić information content (AvgIpc) is 3.31. The second-order valence-electron chi connectivity index (χ2n) is 6.84. The molecule has 1 atom stereocenters. The summed E-state index contributed by atoms with van der Waals surface area (Å²) >= 11 is 0. The Kier molecular flexibility index (Phi) is 4.17. The van der Waals surface area contributed by atoms with Gasteiger partial charge in [0.15, 0.2) is 17.3 Å². The second-order valence-corrected chi connectivity index (χ2v) is 6.84. The molecule has 2 aliphatic rings. The lowest BCUT2D eigenvalue weighted by Crippen LogP contribution is -2.46. The summed E-state index contributed by atoms with van der Waals surface area (Å²) in [5, 5.41) is 14.3. The van der Waals surface area contributed by atoms with Gasteiger partial charge in [0, 0.05) is 13.0 Å². The number of imide groups is 1. The Hall–Kier alpha value is -3.17. The van der Waals surface area contributed by atoms with Gasteiger partial charge in [-0.3, -0.25) is 9.69 Å². The number of nitrogens with zero attached hydrogens (tertiary/aromatic N) is 5. The number of rotatable bonds is 6. The van der Waals surface area contributed by atoms with Gasteiger partial charge in [-0.25, -0.2) is 9.48 Å². The number of urea groups is 1. The number of tetrazole rings is 1. The van der Waals surface area contributed by atoms with E-state index >= 15 is 0 Å². The van der Waals surface area contributed by atoms with Crippen LogP contribution in [0.4, 0.5) is 4.79 Å². The van der Waals surface area contributed by atoms with Crippen LogP contribution in [0.25, 0.3) is 0 Å².